The third-order valence-corrected chi connectivity index (χ3v) is 5.22. The summed E-state index contributed by atoms with van der Waals surface area (Å²) in [5.41, 5.74) is 2.59. The van der Waals surface area contributed by atoms with Gasteiger partial charge in [-0.3, -0.25) is 14.4 Å². The minimum atomic E-state index is -0.0910. The Morgan fingerprint density at radius 1 is 1.23 bits per heavy atom. The fourth-order valence-electron chi connectivity index (χ4n) is 2.75. The van der Waals surface area contributed by atoms with Gasteiger partial charge in [0.1, 0.15) is 0 Å². The first kappa shape index (κ1) is 18.5. The van der Waals surface area contributed by atoms with E-state index in [0.29, 0.717) is 12.2 Å². The van der Waals surface area contributed by atoms with Crippen LogP contribution in [0.2, 0.25) is 0 Å². The van der Waals surface area contributed by atoms with Gasteiger partial charge in [-0.2, -0.15) is 5.10 Å². The van der Waals surface area contributed by atoms with E-state index in [1.165, 1.54) is 5.56 Å². The molecule has 1 amide bonds. The molecule has 0 fully saturated rings. The quantitative estimate of drug-likeness (QED) is 0.639. The number of hydrogen-bond acceptors (Lipinski definition) is 5. The molecule has 1 aromatic carbocycles. The summed E-state index contributed by atoms with van der Waals surface area (Å²) in [7, 11) is 4.07. The Morgan fingerprint density at radius 2 is 2.04 bits per heavy atom. The average Bonchev–Trinajstić information content (AvgIpc) is 3.24. The first-order valence-electron chi connectivity index (χ1n) is 8.85. The smallest absolute Gasteiger partial charge is 0.280 e. The molecule has 6 nitrogen and oxygen atoms in total. The van der Waals surface area contributed by atoms with Crippen molar-refractivity contribution in [3.05, 3.63) is 41.7 Å². The number of aryl methyl sites for hydroxylation is 2. The number of carbonyl (C=O) groups excluding carboxylic acids is 1. The number of thiazole rings is 1. The fraction of sp³-hybridized carbons (Fsp3) is 0.421. The number of amides is 1. The lowest BCUT2D eigenvalue weighted by Crippen LogP contribution is -2.33. The zero-order chi connectivity index (χ0) is 18.7. The van der Waals surface area contributed by atoms with E-state index < -0.39 is 0 Å². The van der Waals surface area contributed by atoms with Crippen molar-refractivity contribution in [3.8, 4) is 0 Å². The number of nitrogens with zero attached hydrogens (tertiary/aromatic N) is 5. The molecule has 0 bridgehead atoms. The Bertz CT molecular complexity index is 898. The summed E-state index contributed by atoms with van der Waals surface area (Å²) in [6.07, 6.45) is 2.72. The summed E-state index contributed by atoms with van der Waals surface area (Å²) in [5.74, 6) is -0.0910. The highest BCUT2D eigenvalue weighted by Crippen LogP contribution is 2.30. The van der Waals surface area contributed by atoms with Crippen molar-refractivity contribution < 1.29 is 4.79 Å². The van der Waals surface area contributed by atoms with E-state index in [2.05, 4.69) is 23.0 Å². The summed E-state index contributed by atoms with van der Waals surface area (Å²) in [5, 5.41) is 5.11. The van der Waals surface area contributed by atoms with Gasteiger partial charge in [0.2, 0.25) is 0 Å². The number of benzene rings is 1. The minimum absolute atomic E-state index is 0.0910. The Hall–Kier alpha value is -2.25. The summed E-state index contributed by atoms with van der Waals surface area (Å²) in [6, 6.07) is 7.96. The summed E-state index contributed by atoms with van der Waals surface area (Å²) < 4.78 is 2.87. The molecular formula is C19H25N5OS. The third kappa shape index (κ3) is 4.11. The molecule has 7 heteroatoms. The van der Waals surface area contributed by atoms with Crippen molar-refractivity contribution >= 4 is 32.6 Å². The highest BCUT2D eigenvalue weighted by atomic mass is 32.1. The molecule has 0 atom stereocenters. The van der Waals surface area contributed by atoms with Crippen LogP contribution in [0.15, 0.2) is 30.5 Å². The van der Waals surface area contributed by atoms with Crippen LogP contribution in [0.3, 0.4) is 0 Å². The lowest BCUT2D eigenvalue weighted by atomic mass is 10.2. The Kier molecular flexibility index (Phi) is 5.68. The molecular weight excluding hydrogens is 346 g/mol. The van der Waals surface area contributed by atoms with Gasteiger partial charge < -0.3 is 4.90 Å². The number of hydrogen-bond donors (Lipinski definition) is 0. The van der Waals surface area contributed by atoms with Crippen molar-refractivity contribution in [2.45, 2.75) is 26.8 Å². The Labute approximate surface area is 158 Å². The van der Waals surface area contributed by atoms with Crippen LogP contribution >= 0.6 is 11.3 Å². The van der Waals surface area contributed by atoms with E-state index in [9.17, 15) is 4.79 Å². The molecule has 0 aliphatic rings. The minimum Gasteiger partial charge on any atom is -0.309 e. The molecule has 0 unspecified atom stereocenters. The predicted octanol–water partition coefficient (Wildman–Crippen LogP) is 3.42. The fourth-order valence-corrected chi connectivity index (χ4v) is 3.84. The normalized spacial score (nSPS) is 11.4. The lowest BCUT2D eigenvalue weighted by molar-refractivity contribution is 0.0980. The first-order chi connectivity index (χ1) is 12.5. The van der Waals surface area contributed by atoms with Crippen molar-refractivity contribution in [2.24, 2.45) is 0 Å². The van der Waals surface area contributed by atoms with Crippen molar-refractivity contribution in [3.63, 3.8) is 0 Å². The van der Waals surface area contributed by atoms with E-state index in [-0.39, 0.29) is 5.91 Å². The van der Waals surface area contributed by atoms with Gasteiger partial charge in [0.25, 0.3) is 5.91 Å². The SMILES string of the molecule is CCn1ccc(C(=O)N(CCCN(C)C)c2nc3ccc(C)cc3s2)n1. The molecule has 26 heavy (non-hydrogen) atoms. The highest BCUT2D eigenvalue weighted by Gasteiger charge is 2.23. The van der Waals surface area contributed by atoms with E-state index in [1.807, 2.05) is 39.3 Å². The zero-order valence-electron chi connectivity index (χ0n) is 15.8. The maximum atomic E-state index is 13.1. The van der Waals surface area contributed by atoms with Crippen molar-refractivity contribution in [2.75, 3.05) is 32.1 Å². The van der Waals surface area contributed by atoms with E-state index in [0.717, 1.165) is 34.9 Å². The molecule has 0 aliphatic carbocycles. The average molecular weight is 372 g/mol. The largest absolute Gasteiger partial charge is 0.309 e. The standard InChI is InChI=1S/C19H25N5OS/c1-5-23-12-9-16(21-23)18(25)24(11-6-10-22(3)4)19-20-15-8-7-14(2)13-17(15)26-19/h7-9,12-13H,5-6,10-11H2,1-4H3. The molecule has 2 heterocycles. The number of anilines is 1. The van der Waals surface area contributed by atoms with Crippen LogP contribution in [-0.4, -0.2) is 52.8 Å². The molecule has 0 N–H and O–H groups in total. The van der Waals surface area contributed by atoms with Gasteiger partial charge in [0.05, 0.1) is 10.2 Å². The number of fused-ring (bicyclic) bond motifs is 1. The maximum absolute atomic E-state index is 13.1. The van der Waals surface area contributed by atoms with Crippen molar-refractivity contribution in [1.82, 2.24) is 19.7 Å². The molecule has 0 radical (unpaired) electrons. The second-order valence-electron chi connectivity index (χ2n) is 6.64. The predicted molar refractivity (Wildman–Crippen MR) is 107 cm³/mol. The number of aromatic nitrogens is 3. The molecule has 138 valence electrons. The monoisotopic (exact) mass is 371 g/mol. The van der Waals surface area contributed by atoms with Crippen LogP contribution in [-0.2, 0) is 6.54 Å². The second kappa shape index (κ2) is 7.97. The second-order valence-corrected chi connectivity index (χ2v) is 7.65. The van der Waals surface area contributed by atoms with E-state index in [1.54, 1.807) is 27.0 Å². The molecule has 0 saturated carbocycles. The van der Waals surface area contributed by atoms with Gasteiger partial charge in [0, 0.05) is 19.3 Å². The summed E-state index contributed by atoms with van der Waals surface area (Å²) in [6.45, 7) is 6.35. The molecule has 3 aromatic rings. The number of carbonyl (C=O) groups is 1. The van der Waals surface area contributed by atoms with Gasteiger partial charge in [0.15, 0.2) is 10.8 Å². The van der Waals surface area contributed by atoms with Crippen LogP contribution < -0.4 is 4.90 Å². The van der Waals surface area contributed by atoms with Gasteiger partial charge >= 0.3 is 0 Å². The van der Waals surface area contributed by atoms with E-state index in [4.69, 9.17) is 4.98 Å². The lowest BCUT2D eigenvalue weighted by Gasteiger charge is -2.20. The van der Waals surface area contributed by atoms with Crippen LogP contribution in [0.1, 0.15) is 29.4 Å². The third-order valence-electron chi connectivity index (χ3n) is 4.18. The molecule has 0 aliphatic heterocycles. The molecule has 3 rings (SSSR count). The van der Waals surface area contributed by atoms with Crippen LogP contribution in [0.25, 0.3) is 10.2 Å². The van der Waals surface area contributed by atoms with Gasteiger partial charge in [-0.05, 0) is 64.7 Å². The van der Waals surface area contributed by atoms with E-state index >= 15 is 0 Å². The molecule has 2 aromatic heterocycles. The Morgan fingerprint density at radius 3 is 2.73 bits per heavy atom. The van der Waals surface area contributed by atoms with Crippen LogP contribution in [0.5, 0.6) is 0 Å². The maximum Gasteiger partial charge on any atom is 0.280 e. The molecule has 0 spiro atoms. The van der Waals surface area contributed by atoms with Gasteiger partial charge in [-0.1, -0.05) is 17.4 Å². The number of rotatable bonds is 7. The van der Waals surface area contributed by atoms with Crippen molar-refractivity contribution in [1.29, 1.82) is 0 Å². The highest BCUT2D eigenvalue weighted by molar-refractivity contribution is 7.22. The topological polar surface area (TPSA) is 54.3 Å². The first-order valence-corrected chi connectivity index (χ1v) is 9.67. The summed E-state index contributed by atoms with van der Waals surface area (Å²) >= 11 is 1.56. The van der Waals surface area contributed by atoms with Crippen LogP contribution in [0.4, 0.5) is 5.13 Å². The van der Waals surface area contributed by atoms with Gasteiger partial charge in [-0.15, -0.1) is 0 Å². The Balaban J connectivity index is 1.91. The van der Waals surface area contributed by atoms with Gasteiger partial charge in [-0.25, -0.2) is 4.98 Å². The zero-order valence-corrected chi connectivity index (χ0v) is 16.6. The summed E-state index contributed by atoms with van der Waals surface area (Å²) in [4.78, 5) is 21.7. The van der Waals surface area contributed by atoms with Crippen LogP contribution in [0, 0.1) is 6.92 Å². The molecule has 0 saturated heterocycles.